The SMILES string of the molecule is COc1ncccc1N=C(C)/C1=C(\N)OCCCn2cc(Cl)c3cnc(nc32)N1. The number of nitrogens with one attached hydrogen (secondary N) is 1. The smallest absolute Gasteiger partial charge is 0.239 e. The van der Waals surface area contributed by atoms with Gasteiger partial charge in [0.05, 0.1) is 29.8 Å². The first-order valence-electron chi connectivity index (χ1n) is 9.02. The maximum absolute atomic E-state index is 6.30. The molecular weight excluding hydrogens is 394 g/mol. The summed E-state index contributed by atoms with van der Waals surface area (Å²) in [5, 5.41) is 4.54. The summed E-state index contributed by atoms with van der Waals surface area (Å²) in [4.78, 5) is 17.7. The molecule has 0 spiro atoms. The van der Waals surface area contributed by atoms with E-state index in [1.165, 1.54) is 0 Å². The molecular formula is C19H20ClN7O2. The number of nitrogens with zero attached hydrogens (tertiary/aromatic N) is 5. The van der Waals surface area contributed by atoms with Gasteiger partial charge in [0.15, 0.2) is 0 Å². The predicted octanol–water partition coefficient (Wildman–Crippen LogP) is 3.24. The number of pyridine rings is 1. The normalized spacial score (nSPS) is 17.6. The first kappa shape index (κ1) is 19.0. The number of anilines is 1. The lowest BCUT2D eigenvalue weighted by atomic mass is 10.3. The number of hydrogen-bond acceptors (Lipinski definition) is 8. The highest BCUT2D eigenvalue weighted by molar-refractivity contribution is 6.35. The number of hydrogen-bond donors (Lipinski definition) is 2. The highest BCUT2D eigenvalue weighted by Gasteiger charge is 2.17. The minimum atomic E-state index is 0.211. The highest BCUT2D eigenvalue weighted by Crippen LogP contribution is 2.27. The van der Waals surface area contributed by atoms with Crippen LogP contribution in [0, 0.1) is 0 Å². The van der Waals surface area contributed by atoms with E-state index in [0.29, 0.717) is 47.1 Å². The van der Waals surface area contributed by atoms with Crippen LogP contribution in [0.1, 0.15) is 13.3 Å². The van der Waals surface area contributed by atoms with Crippen LogP contribution in [0.2, 0.25) is 5.02 Å². The van der Waals surface area contributed by atoms with Crippen LogP contribution in [-0.2, 0) is 11.3 Å². The molecule has 3 aromatic heterocycles. The van der Waals surface area contributed by atoms with Crippen LogP contribution in [0.3, 0.4) is 0 Å². The highest BCUT2D eigenvalue weighted by atomic mass is 35.5. The van der Waals surface area contributed by atoms with Crippen molar-refractivity contribution >= 4 is 40.0 Å². The van der Waals surface area contributed by atoms with Crippen molar-refractivity contribution in [1.82, 2.24) is 19.5 Å². The third-order valence-electron chi connectivity index (χ3n) is 4.45. The predicted molar refractivity (Wildman–Crippen MR) is 112 cm³/mol. The molecule has 0 aromatic carbocycles. The molecule has 0 radical (unpaired) electrons. The molecule has 0 aliphatic carbocycles. The maximum Gasteiger partial charge on any atom is 0.239 e. The van der Waals surface area contributed by atoms with Crippen LogP contribution < -0.4 is 15.8 Å². The number of ether oxygens (including phenoxy) is 2. The van der Waals surface area contributed by atoms with Gasteiger partial charge in [-0.15, -0.1) is 0 Å². The number of nitrogens with two attached hydrogens (primary N) is 1. The Morgan fingerprint density at radius 1 is 1.41 bits per heavy atom. The van der Waals surface area contributed by atoms with Crippen molar-refractivity contribution in [2.75, 3.05) is 19.0 Å². The number of rotatable bonds is 3. The lowest BCUT2D eigenvalue weighted by Crippen LogP contribution is -2.19. The summed E-state index contributed by atoms with van der Waals surface area (Å²) in [6.45, 7) is 2.94. The zero-order valence-corrected chi connectivity index (χ0v) is 16.8. The van der Waals surface area contributed by atoms with Crippen molar-refractivity contribution in [3.8, 4) is 5.88 Å². The van der Waals surface area contributed by atoms with Gasteiger partial charge in [-0.2, -0.15) is 4.98 Å². The minimum absolute atomic E-state index is 0.211. The molecule has 0 saturated carbocycles. The van der Waals surface area contributed by atoms with E-state index in [1.54, 1.807) is 31.6 Å². The molecule has 10 heteroatoms. The van der Waals surface area contributed by atoms with Gasteiger partial charge in [0.25, 0.3) is 0 Å². The first-order valence-corrected chi connectivity index (χ1v) is 9.40. The lowest BCUT2D eigenvalue weighted by molar-refractivity contribution is 0.199. The largest absolute Gasteiger partial charge is 0.479 e. The van der Waals surface area contributed by atoms with E-state index in [-0.39, 0.29) is 5.88 Å². The Bertz CT molecular complexity index is 1120. The van der Waals surface area contributed by atoms with E-state index in [4.69, 9.17) is 26.8 Å². The van der Waals surface area contributed by atoms with E-state index in [9.17, 15) is 0 Å². The van der Waals surface area contributed by atoms with Crippen molar-refractivity contribution in [3.63, 3.8) is 0 Å². The molecule has 0 saturated heterocycles. The molecule has 0 amide bonds. The summed E-state index contributed by atoms with van der Waals surface area (Å²) in [5.74, 6) is 0.987. The fraction of sp³-hybridized carbons (Fsp3) is 0.263. The Balaban J connectivity index is 1.77. The van der Waals surface area contributed by atoms with Crippen LogP contribution in [0.4, 0.5) is 11.6 Å². The third kappa shape index (κ3) is 3.81. The van der Waals surface area contributed by atoms with E-state index in [0.717, 1.165) is 17.5 Å². The summed E-state index contributed by atoms with van der Waals surface area (Å²) >= 11 is 6.30. The van der Waals surface area contributed by atoms with E-state index in [1.807, 2.05) is 17.7 Å². The van der Waals surface area contributed by atoms with Crippen LogP contribution in [0.5, 0.6) is 5.88 Å². The summed E-state index contributed by atoms with van der Waals surface area (Å²) in [5.41, 5.74) is 8.58. The van der Waals surface area contributed by atoms with Gasteiger partial charge in [0.2, 0.25) is 17.7 Å². The van der Waals surface area contributed by atoms with Crippen LogP contribution in [-0.4, -0.2) is 38.9 Å². The van der Waals surface area contributed by atoms with E-state index in [2.05, 4.69) is 25.3 Å². The summed E-state index contributed by atoms with van der Waals surface area (Å²) in [6.07, 6.45) is 5.91. The zero-order chi connectivity index (χ0) is 20.4. The average molecular weight is 414 g/mol. The molecule has 4 rings (SSSR count). The number of fused-ring (bicyclic) bond motifs is 1. The van der Waals surface area contributed by atoms with Crippen molar-refractivity contribution in [3.05, 3.63) is 47.3 Å². The summed E-state index contributed by atoms with van der Waals surface area (Å²) in [7, 11) is 1.54. The van der Waals surface area contributed by atoms with Gasteiger partial charge >= 0.3 is 0 Å². The molecule has 2 bridgehead atoms. The fourth-order valence-corrected chi connectivity index (χ4v) is 3.30. The summed E-state index contributed by atoms with van der Waals surface area (Å²) < 4.78 is 13.0. The zero-order valence-electron chi connectivity index (χ0n) is 16.0. The molecule has 9 nitrogen and oxygen atoms in total. The van der Waals surface area contributed by atoms with Crippen molar-refractivity contribution in [2.24, 2.45) is 10.7 Å². The van der Waals surface area contributed by atoms with Gasteiger partial charge in [0, 0.05) is 25.1 Å². The minimum Gasteiger partial charge on any atom is -0.479 e. The number of aliphatic imine (C=N–C) groups is 1. The molecule has 3 N–H and O–H groups in total. The quantitative estimate of drug-likeness (QED) is 0.633. The van der Waals surface area contributed by atoms with Crippen molar-refractivity contribution in [2.45, 2.75) is 19.9 Å². The average Bonchev–Trinajstić information content (AvgIpc) is 3.03. The van der Waals surface area contributed by atoms with Crippen LogP contribution in [0.15, 0.2) is 47.3 Å². The van der Waals surface area contributed by atoms with Crippen molar-refractivity contribution in [1.29, 1.82) is 0 Å². The number of methoxy groups -OCH3 is 1. The second kappa shape index (κ2) is 7.96. The molecule has 150 valence electrons. The molecule has 0 fully saturated rings. The Labute approximate surface area is 172 Å². The lowest BCUT2D eigenvalue weighted by Gasteiger charge is -2.14. The molecule has 29 heavy (non-hydrogen) atoms. The fourth-order valence-electron chi connectivity index (χ4n) is 3.05. The summed E-state index contributed by atoms with van der Waals surface area (Å²) in [6, 6.07) is 3.58. The number of halogens is 1. The van der Waals surface area contributed by atoms with Gasteiger partial charge in [-0.1, -0.05) is 11.6 Å². The molecule has 4 heterocycles. The topological polar surface area (TPSA) is 112 Å². The Hall–Kier alpha value is -3.33. The number of aryl methyl sites for hydroxylation is 1. The van der Waals surface area contributed by atoms with Crippen LogP contribution >= 0.6 is 11.6 Å². The second-order valence-electron chi connectivity index (χ2n) is 6.40. The Morgan fingerprint density at radius 3 is 3.10 bits per heavy atom. The molecule has 0 unspecified atom stereocenters. The Morgan fingerprint density at radius 2 is 2.28 bits per heavy atom. The van der Waals surface area contributed by atoms with Crippen LogP contribution in [0.25, 0.3) is 11.0 Å². The molecule has 1 aliphatic heterocycles. The van der Waals surface area contributed by atoms with Gasteiger partial charge < -0.3 is 25.1 Å². The van der Waals surface area contributed by atoms with Gasteiger partial charge in [-0.3, -0.25) is 0 Å². The monoisotopic (exact) mass is 413 g/mol. The van der Waals surface area contributed by atoms with Gasteiger partial charge in [-0.05, 0) is 25.5 Å². The van der Waals surface area contributed by atoms with Gasteiger partial charge in [0.1, 0.15) is 17.0 Å². The van der Waals surface area contributed by atoms with Gasteiger partial charge in [-0.25, -0.2) is 15.0 Å². The van der Waals surface area contributed by atoms with E-state index < -0.39 is 0 Å². The third-order valence-corrected chi connectivity index (χ3v) is 4.75. The standard InChI is InChI=1S/C19H20ClN7O2/c1-11(24-14-5-3-6-22-18(14)28-2)15-16(21)29-8-4-7-27-10-13(20)12-9-23-19(25-15)26-17(12)27/h3,5-6,9-10H,4,7-8,21H2,1-2H3,(H,23,25,26)/b16-15-,24-11?. The second-order valence-corrected chi connectivity index (χ2v) is 6.80. The number of aromatic nitrogens is 4. The molecule has 1 aliphatic rings. The molecule has 3 aromatic rings. The van der Waals surface area contributed by atoms with E-state index >= 15 is 0 Å². The van der Waals surface area contributed by atoms with Crippen molar-refractivity contribution < 1.29 is 9.47 Å². The Kier molecular flexibility index (Phi) is 5.22. The number of allylic oxidation sites excluding steroid dienone is 1. The maximum atomic E-state index is 6.30. The first-order chi connectivity index (χ1) is 14.1. The molecule has 0 atom stereocenters.